The van der Waals surface area contributed by atoms with Crippen LogP contribution in [0.15, 0.2) is 236 Å². The molecule has 0 radical (unpaired) electrons. The van der Waals surface area contributed by atoms with Crippen LogP contribution in [0.25, 0.3) is 110 Å². The van der Waals surface area contributed by atoms with Crippen LogP contribution in [0.3, 0.4) is 0 Å². The lowest BCUT2D eigenvalue weighted by Crippen LogP contribution is -2.42. The largest absolute Gasteiger partial charge is 0.435 e. The predicted octanol–water partition coefficient (Wildman–Crippen LogP) is 23.2. The number of fused-ring (bicyclic) bond motifs is 19. The van der Waals surface area contributed by atoms with Crippen LogP contribution in [0, 0.1) is 41.5 Å². The Morgan fingerprint density at radius 1 is 0.305 bits per heavy atom. The molecule has 2 unspecified atom stereocenters. The van der Waals surface area contributed by atoms with Gasteiger partial charge < -0.3 is 56.4 Å². The Balaban J connectivity index is 0.000000108. The number of anilines is 13. The molecule has 0 N–H and O–H groups in total. The molecule has 7 atom stereocenters. The van der Waals surface area contributed by atoms with Gasteiger partial charge in [0.2, 0.25) is 28.6 Å². The molecule has 128 heavy (non-hydrogen) atoms. The Morgan fingerprint density at radius 2 is 0.625 bits per heavy atom. The molecule has 5 aliphatic rings. The van der Waals surface area contributed by atoms with Crippen molar-refractivity contribution < 1.29 is 38.5 Å². The van der Waals surface area contributed by atoms with E-state index in [2.05, 4.69) is 152 Å². The second-order valence-electron chi connectivity index (χ2n) is 32.8. The van der Waals surface area contributed by atoms with E-state index in [0.29, 0.717) is 80.2 Å². The van der Waals surface area contributed by atoms with Crippen LogP contribution in [-0.2, 0) is 0 Å². The summed E-state index contributed by atoms with van der Waals surface area (Å²) < 4.78 is 129. The van der Waals surface area contributed by atoms with Gasteiger partial charge in [0.05, 0.1) is 38.2 Å². The highest BCUT2D eigenvalue weighted by molar-refractivity contribution is 6.14. The molecule has 0 saturated heterocycles. The zero-order chi connectivity index (χ0) is 98.9. The van der Waals surface area contributed by atoms with Crippen LogP contribution < -0.4 is 44.1 Å². The first-order valence-corrected chi connectivity index (χ1v) is 42.3. The van der Waals surface area contributed by atoms with Crippen LogP contribution >= 0.6 is 0 Å². The summed E-state index contributed by atoms with van der Waals surface area (Å²) in [6.45, 7) is 21.0. The number of benzene rings is 5. The Kier molecular flexibility index (Phi) is 17.0. The van der Waals surface area contributed by atoms with E-state index in [9.17, 15) is 0 Å². The smallest absolute Gasteiger partial charge is 0.227 e. The minimum Gasteiger partial charge on any atom is -0.435 e. The third-order valence-electron chi connectivity index (χ3n) is 24.7. The molecule has 19 aromatic rings. The maximum atomic E-state index is 8.76. The lowest BCUT2D eigenvalue weighted by atomic mass is 10.1. The molecular weight excluding hydrogens is 1600 g/mol. The van der Waals surface area contributed by atoms with Crippen LogP contribution in [0.4, 0.5) is 74.8 Å². The van der Waals surface area contributed by atoms with Gasteiger partial charge >= 0.3 is 0 Å². The third-order valence-corrected chi connectivity index (χ3v) is 24.7. The number of hydrogen-bond donors (Lipinski definition) is 0. The second kappa shape index (κ2) is 31.9. The topological polar surface area (TPSA) is 253 Å². The first kappa shape index (κ1) is 68.3. The maximum Gasteiger partial charge on any atom is 0.227 e. The molecule has 0 amide bonds. The van der Waals surface area contributed by atoms with Crippen molar-refractivity contribution in [2.24, 2.45) is 0 Å². The molecule has 0 spiro atoms. The van der Waals surface area contributed by atoms with Gasteiger partial charge in [-0.25, -0.2) is 59.8 Å². The predicted molar refractivity (Wildman–Crippen MR) is 513 cm³/mol. The van der Waals surface area contributed by atoms with Crippen LogP contribution in [0.5, 0.6) is 0 Å². The van der Waals surface area contributed by atoms with E-state index in [1.165, 1.54) is 41.6 Å². The van der Waals surface area contributed by atoms with Crippen molar-refractivity contribution in [1.29, 1.82) is 0 Å². The molecular formula is C101H100N22O5. The fraction of sp³-hybridized carbons (Fsp3) is 0.267. The summed E-state index contributed by atoms with van der Waals surface area (Å²) in [5.41, 5.74) is 17.9. The summed E-state index contributed by atoms with van der Waals surface area (Å²) >= 11 is 0. The number of rotatable bonds is 8. The van der Waals surface area contributed by atoms with Gasteiger partial charge in [-0.05, 0) is 218 Å². The molecule has 19 heterocycles. The Hall–Kier alpha value is -15.0. The van der Waals surface area contributed by atoms with Gasteiger partial charge in [0.25, 0.3) is 0 Å². The van der Waals surface area contributed by atoms with Crippen molar-refractivity contribution in [3.05, 3.63) is 248 Å². The third kappa shape index (κ3) is 13.1. The van der Waals surface area contributed by atoms with Gasteiger partial charge in [-0.2, -0.15) is 0 Å². The lowest BCUT2D eigenvalue weighted by Gasteiger charge is -2.33. The monoisotopic (exact) mass is 1710 g/mol. The molecule has 5 aliphatic heterocycles. The zero-order valence-corrected chi connectivity index (χ0v) is 73.5. The van der Waals surface area contributed by atoms with E-state index >= 15 is 0 Å². The van der Waals surface area contributed by atoms with E-state index in [-0.39, 0.29) is 12.3 Å². The van der Waals surface area contributed by atoms with Crippen molar-refractivity contribution in [2.45, 2.75) is 166 Å². The number of furan rings is 5. The van der Waals surface area contributed by atoms with Gasteiger partial charge in [0.15, 0.2) is 68.6 Å². The molecule has 27 heteroatoms. The van der Waals surface area contributed by atoms with Gasteiger partial charge in [0.1, 0.15) is 30.8 Å². The maximum absolute atomic E-state index is 8.76. The zero-order valence-electron chi connectivity index (χ0n) is 85.5. The minimum absolute atomic E-state index is 0.143. The van der Waals surface area contributed by atoms with Gasteiger partial charge in [-0.1, -0.05) is 60.7 Å². The van der Waals surface area contributed by atoms with E-state index in [1.807, 2.05) is 185 Å². The summed E-state index contributed by atoms with van der Waals surface area (Å²) in [5, 5.41) is 9.70. The second-order valence-corrected chi connectivity index (χ2v) is 32.8. The Labute approximate surface area is 757 Å². The van der Waals surface area contributed by atoms with Gasteiger partial charge in [-0.15, -0.1) is 0 Å². The Bertz CT molecular complexity index is 7760. The van der Waals surface area contributed by atoms with E-state index < -0.39 is 57.2 Å². The van der Waals surface area contributed by atoms with Crippen molar-refractivity contribution in [2.75, 3.05) is 58.1 Å². The summed E-state index contributed by atoms with van der Waals surface area (Å²) in [7, 11) is 2.08. The molecule has 5 aromatic carbocycles. The molecule has 0 fully saturated rings. The van der Waals surface area contributed by atoms with E-state index in [0.717, 1.165) is 133 Å². The number of aromatic nitrogens is 12. The number of pyridine rings is 6. The molecule has 0 saturated carbocycles. The van der Waals surface area contributed by atoms with Crippen molar-refractivity contribution >= 4 is 185 Å². The average molecular weight is 1710 g/mol. The highest BCUT2D eigenvalue weighted by Gasteiger charge is 2.44. The fourth-order valence-corrected chi connectivity index (χ4v) is 18.6. The molecule has 644 valence electrons. The molecule has 27 nitrogen and oxygen atoms in total. The van der Waals surface area contributed by atoms with Crippen LogP contribution in [-0.4, -0.2) is 128 Å². The molecule has 0 bridgehead atoms. The molecule has 14 aromatic heterocycles. The van der Waals surface area contributed by atoms with Crippen LogP contribution in [0.2, 0.25) is 0 Å². The fourth-order valence-electron chi connectivity index (χ4n) is 18.6. The molecule has 0 aliphatic carbocycles. The summed E-state index contributed by atoms with van der Waals surface area (Å²) in [4.78, 5) is 71.9. The van der Waals surface area contributed by atoms with E-state index in [4.69, 9.17) is 38.5 Å². The summed E-state index contributed by atoms with van der Waals surface area (Å²) in [5.74, 6) is 3.58. The number of nitrogens with zero attached hydrogens (tertiary/aromatic N) is 22. The van der Waals surface area contributed by atoms with Crippen LogP contribution in [0.1, 0.15) is 126 Å². The number of hydrogen-bond acceptors (Lipinski definition) is 27. The van der Waals surface area contributed by atoms with Crippen molar-refractivity contribution in [3.8, 4) is 0 Å². The first-order valence-electron chi connectivity index (χ1n) is 48.3. The first-order chi connectivity index (χ1) is 66.6. The minimum atomic E-state index is -2.56. The summed E-state index contributed by atoms with van der Waals surface area (Å²) in [6, 6.07) is 39.1. The quantitative estimate of drug-likeness (QED) is 0.137. The number of aryl methyl sites for hydroxylation is 6. The highest BCUT2D eigenvalue weighted by atomic mass is 16.4. The normalized spacial score (nSPS) is 19.6. The lowest BCUT2D eigenvalue weighted by molar-refractivity contribution is 0.383. The van der Waals surface area contributed by atoms with Gasteiger partial charge in [0, 0.05) is 185 Å². The molecule has 24 rings (SSSR count). The van der Waals surface area contributed by atoms with Crippen molar-refractivity contribution in [3.63, 3.8) is 0 Å². The average Bonchev–Trinajstić information content (AvgIpc) is 1.51. The van der Waals surface area contributed by atoms with E-state index in [1.54, 1.807) is 60.7 Å². The standard InChI is InChI=1S/C22H22N4O.2C21H21N5O.C19H17N5O.C18H19N3O/c1-13(2)25-15(4)26(18-8-6-11-23-21(18)25)19-14(3)9-10-16-17-7-5-12-24-22(17)27-20(16)19;2*1-12(2)25-14(4)26(20-19(25)22-10-11-23-20)17-13(3)7-8-15-16-6-5-9-24-21(16)27-18(15)17;1-11-6-7-13-14-5-4-8-22-19(14)25-16(13)15(11)24-12(2)23(3)17-18(24)21-10-9-20-17;1-11-5-7-14-15-8-6-12(2)19-18(15)22-17(14)16(11)21-10-9-20(4)13(21)3/h5-13,15H,1-4H3;2*5-12,14H,1-4H3;4-10,12H,1-3H3;5-10,13H,1-4H3/t15-;2*14-;12-;13-/m00000/s1/i1D3,13D;1D3,12D;12D;3D3;/t13?,15-;12?,14-;2m;. The highest BCUT2D eigenvalue weighted by Crippen LogP contribution is 2.53. The van der Waals surface area contributed by atoms with Crippen molar-refractivity contribution in [1.82, 2.24) is 64.7 Å². The Morgan fingerprint density at radius 3 is 1.03 bits per heavy atom. The SMILES string of the molecule is Cc1ccc2c(n1)oc1c(N3C=CN(C)[C@@H]3C)c(C)ccc12.[2H]C(C)(C)N1c2nccnc2N(c2c(C)ccc3c2oc2ncccc23)[C@H]1C.[2H]C([2H])([2H])C([2H])(C)N1c2ncccc2N(c2c(C)ccc3c2oc2ncccc23)[C@H]1C.[2H]C([2H])([2H])C([2H])(C)N1c2nccnc2N(c2c(C)ccc3c2oc2ncccc23)[C@H]1C.[2H]C([2H])([2H])N1c2nccnc2N(c2c(C)ccc3c2oc2ncccc23)[C@H]1C. The van der Waals surface area contributed by atoms with Gasteiger partial charge in [-0.3, -0.25) is 14.7 Å². The summed E-state index contributed by atoms with van der Waals surface area (Å²) in [6.07, 6.45) is 20.7.